The van der Waals surface area contributed by atoms with Gasteiger partial charge in [0.25, 0.3) is 0 Å². The Hall–Kier alpha value is -2.08. The molecule has 6 nitrogen and oxygen atoms in total. The third-order valence-corrected chi connectivity index (χ3v) is 3.18. The zero-order chi connectivity index (χ0) is 15.7. The lowest BCUT2D eigenvalue weighted by Crippen LogP contribution is -2.24. The van der Waals surface area contributed by atoms with Crippen LogP contribution in [0.4, 0.5) is 16.2 Å². The summed E-state index contributed by atoms with van der Waals surface area (Å²) in [5.41, 5.74) is 6.87. The van der Waals surface area contributed by atoms with Gasteiger partial charge in [-0.2, -0.15) is 0 Å². The monoisotopic (exact) mass is 292 g/mol. The third-order valence-electron chi connectivity index (χ3n) is 3.18. The summed E-state index contributed by atoms with van der Waals surface area (Å²) in [5.74, 6) is 0.450. The van der Waals surface area contributed by atoms with E-state index in [-0.39, 0.29) is 11.9 Å². The topological polar surface area (TPSA) is 96.2 Å². The van der Waals surface area contributed by atoms with E-state index in [9.17, 15) is 9.59 Å². The van der Waals surface area contributed by atoms with Crippen molar-refractivity contribution in [3.63, 3.8) is 0 Å². The van der Waals surface area contributed by atoms with Crippen molar-refractivity contribution in [1.29, 1.82) is 0 Å². The van der Waals surface area contributed by atoms with Gasteiger partial charge in [0.05, 0.1) is 0 Å². The Morgan fingerprint density at radius 3 is 2.19 bits per heavy atom. The molecule has 0 heterocycles. The van der Waals surface area contributed by atoms with Crippen molar-refractivity contribution in [2.24, 2.45) is 11.7 Å². The van der Waals surface area contributed by atoms with Crippen molar-refractivity contribution in [3.8, 4) is 0 Å². The van der Waals surface area contributed by atoms with Crippen molar-refractivity contribution < 1.29 is 9.59 Å². The number of carbonyl (C=O) groups is 2. The third kappa shape index (κ3) is 6.76. The van der Waals surface area contributed by atoms with Crippen LogP contribution in [0.2, 0.25) is 0 Å². The maximum Gasteiger partial charge on any atom is 0.318 e. The van der Waals surface area contributed by atoms with Gasteiger partial charge in [0, 0.05) is 24.8 Å². The molecule has 0 fully saturated rings. The van der Waals surface area contributed by atoms with Crippen LogP contribution in [-0.2, 0) is 4.79 Å². The smallest absolute Gasteiger partial charge is 0.318 e. The molecule has 0 spiro atoms. The highest BCUT2D eigenvalue weighted by atomic mass is 16.2. The molecule has 21 heavy (non-hydrogen) atoms. The van der Waals surface area contributed by atoms with Gasteiger partial charge < -0.3 is 21.7 Å². The van der Waals surface area contributed by atoms with Crippen LogP contribution in [0.1, 0.15) is 26.2 Å². The number of carbonyl (C=O) groups excluding carboxylic acids is 2. The van der Waals surface area contributed by atoms with E-state index in [4.69, 9.17) is 5.73 Å². The SMILES string of the molecule is CNC(=O)Nc1ccc(NC(=O)CCC(C)CCN)cc1. The van der Waals surface area contributed by atoms with Crippen LogP contribution in [0.25, 0.3) is 0 Å². The molecule has 0 bridgehead atoms. The second-order valence-electron chi connectivity index (χ2n) is 5.05. The van der Waals surface area contributed by atoms with Crippen LogP contribution < -0.4 is 21.7 Å². The van der Waals surface area contributed by atoms with E-state index in [2.05, 4.69) is 22.9 Å². The van der Waals surface area contributed by atoms with E-state index in [1.165, 1.54) is 0 Å². The van der Waals surface area contributed by atoms with Crippen LogP contribution >= 0.6 is 0 Å². The Labute approximate surface area is 125 Å². The van der Waals surface area contributed by atoms with Gasteiger partial charge in [-0.15, -0.1) is 0 Å². The van der Waals surface area contributed by atoms with Crippen LogP contribution in [0.15, 0.2) is 24.3 Å². The van der Waals surface area contributed by atoms with Crippen LogP contribution in [0.5, 0.6) is 0 Å². The lowest BCUT2D eigenvalue weighted by Gasteiger charge is -2.10. The molecule has 116 valence electrons. The molecule has 1 unspecified atom stereocenters. The minimum absolute atomic E-state index is 0.00844. The highest BCUT2D eigenvalue weighted by Gasteiger charge is 2.07. The van der Waals surface area contributed by atoms with E-state index in [1.54, 1.807) is 31.3 Å². The molecular formula is C15H24N4O2. The van der Waals surface area contributed by atoms with Crippen LogP contribution in [0.3, 0.4) is 0 Å². The second-order valence-corrected chi connectivity index (χ2v) is 5.05. The Morgan fingerprint density at radius 1 is 1.10 bits per heavy atom. The number of benzene rings is 1. The zero-order valence-electron chi connectivity index (χ0n) is 12.6. The predicted molar refractivity (Wildman–Crippen MR) is 85.2 cm³/mol. The van der Waals surface area contributed by atoms with Crippen molar-refractivity contribution in [2.75, 3.05) is 24.2 Å². The number of anilines is 2. The number of nitrogens with one attached hydrogen (secondary N) is 3. The minimum Gasteiger partial charge on any atom is -0.341 e. The number of urea groups is 1. The molecule has 1 aromatic carbocycles. The lowest BCUT2D eigenvalue weighted by atomic mass is 10.0. The first-order chi connectivity index (χ1) is 10.0. The van der Waals surface area contributed by atoms with E-state index in [0.29, 0.717) is 30.3 Å². The van der Waals surface area contributed by atoms with E-state index in [0.717, 1.165) is 12.8 Å². The molecular weight excluding hydrogens is 268 g/mol. The van der Waals surface area contributed by atoms with Crippen molar-refractivity contribution >= 4 is 23.3 Å². The first kappa shape index (κ1) is 17.0. The largest absolute Gasteiger partial charge is 0.341 e. The predicted octanol–water partition coefficient (Wildman–Crippen LogP) is 2.14. The summed E-state index contributed by atoms with van der Waals surface area (Å²) in [6, 6.07) is 6.71. The van der Waals surface area contributed by atoms with Crippen molar-refractivity contribution in [1.82, 2.24) is 5.32 Å². The fourth-order valence-corrected chi connectivity index (χ4v) is 1.86. The maximum absolute atomic E-state index is 11.8. The first-order valence-corrected chi connectivity index (χ1v) is 7.14. The lowest BCUT2D eigenvalue weighted by molar-refractivity contribution is -0.116. The standard InChI is InChI=1S/C15H24N4O2/c1-11(9-10-16)3-8-14(20)18-12-4-6-13(7-5-12)19-15(21)17-2/h4-7,11H,3,8-10,16H2,1-2H3,(H,18,20)(H2,17,19,21). The fourth-order valence-electron chi connectivity index (χ4n) is 1.86. The Bertz CT molecular complexity index is 459. The summed E-state index contributed by atoms with van der Waals surface area (Å²) in [4.78, 5) is 23.0. The highest BCUT2D eigenvalue weighted by Crippen LogP contribution is 2.15. The quantitative estimate of drug-likeness (QED) is 0.620. The van der Waals surface area contributed by atoms with Gasteiger partial charge in [-0.1, -0.05) is 6.92 Å². The average molecular weight is 292 g/mol. The van der Waals surface area contributed by atoms with Crippen molar-refractivity contribution in [2.45, 2.75) is 26.2 Å². The van der Waals surface area contributed by atoms with Crippen LogP contribution in [0, 0.1) is 5.92 Å². The molecule has 0 radical (unpaired) electrons. The van der Waals surface area contributed by atoms with Gasteiger partial charge in [0.2, 0.25) is 5.91 Å². The Morgan fingerprint density at radius 2 is 1.67 bits per heavy atom. The Kier molecular flexibility index (Phi) is 7.25. The number of hydrogen-bond acceptors (Lipinski definition) is 3. The number of nitrogens with two attached hydrogens (primary N) is 1. The van der Waals surface area contributed by atoms with Crippen LogP contribution in [-0.4, -0.2) is 25.5 Å². The molecule has 1 rings (SSSR count). The van der Waals surface area contributed by atoms with Gasteiger partial charge in [-0.25, -0.2) is 4.79 Å². The summed E-state index contributed by atoms with van der Waals surface area (Å²) >= 11 is 0. The summed E-state index contributed by atoms with van der Waals surface area (Å²) in [7, 11) is 1.55. The molecule has 0 saturated carbocycles. The molecule has 5 N–H and O–H groups in total. The molecule has 0 aliphatic carbocycles. The summed E-state index contributed by atoms with van der Waals surface area (Å²) in [6.45, 7) is 2.75. The second kappa shape index (κ2) is 8.97. The number of rotatable bonds is 7. The highest BCUT2D eigenvalue weighted by molar-refractivity contribution is 5.92. The van der Waals surface area contributed by atoms with Gasteiger partial charge in [0.15, 0.2) is 0 Å². The minimum atomic E-state index is -0.277. The zero-order valence-corrected chi connectivity index (χ0v) is 12.6. The number of amides is 3. The normalized spacial score (nSPS) is 11.6. The van der Waals surface area contributed by atoms with E-state index in [1.807, 2.05) is 0 Å². The summed E-state index contributed by atoms with van der Waals surface area (Å²) < 4.78 is 0. The maximum atomic E-state index is 11.8. The summed E-state index contributed by atoms with van der Waals surface area (Å²) in [6.07, 6.45) is 2.26. The molecule has 0 saturated heterocycles. The molecule has 6 heteroatoms. The molecule has 0 aliphatic rings. The van der Waals surface area contributed by atoms with E-state index >= 15 is 0 Å². The van der Waals surface area contributed by atoms with Gasteiger partial charge in [-0.3, -0.25) is 4.79 Å². The fraction of sp³-hybridized carbons (Fsp3) is 0.467. The van der Waals surface area contributed by atoms with Crippen molar-refractivity contribution in [3.05, 3.63) is 24.3 Å². The molecule has 0 aromatic heterocycles. The molecule has 0 aliphatic heterocycles. The van der Waals surface area contributed by atoms with Gasteiger partial charge >= 0.3 is 6.03 Å². The van der Waals surface area contributed by atoms with Gasteiger partial charge in [0.1, 0.15) is 0 Å². The molecule has 1 aromatic rings. The molecule has 3 amide bonds. The Balaban J connectivity index is 2.41. The number of hydrogen-bond donors (Lipinski definition) is 4. The van der Waals surface area contributed by atoms with E-state index < -0.39 is 0 Å². The summed E-state index contributed by atoms with van der Waals surface area (Å²) in [5, 5.41) is 7.96. The van der Waals surface area contributed by atoms with Gasteiger partial charge in [-0.05, 0) is 49.6 Å². The molecule has 1 atom stereocenters. The first-order valence-electron chi connectivity index (χ1n) is 7.14. The average Bonchev–Trinajstić information content (AvgIpc) is 2.47.